The number of aromatic amines is 1. The lowest BCUT2D eigenvalue weighted by molar-refractivity contribution is -0.00519. The molecule has 8 heteroatoms. The highest BCUT2D eigenvalue weighted by Crippen LogP contribution is 2.60. The maximum atomic E-state index is 13.7. The highest BCUT2D eigenvalue weighted by atomic mass is 16.2. The van der Waals surface area contributed by atoms with Crippen LogP contribution < -0.4 is 10.5 Å². The Morgan fingerprint density at radius 1 is 0.804 bits per heavy atom. The number of H-pyrrole nitrogens is 1. The van der Waals surface area contributed by atoms with E-state index in [1.54, 1.807) is 13.0 Å². The molecule has 1 N–H and O–H groups in total. The molecule has 6 aliphatic rings. The Kier molecular flexibility index (Phi) is 6.21. The van der Waals surface area contributed by atoms with Crippen LogP contribution >= 0.6 is 0 Å². The quantitative estimate of drug-likeness (QED) is 0.200. The second-order valence-electron chi connectivity index (χ2n) is 14.6. The van der Waals surface area contributed by atoms with Gasteiger partial charge in [-0.05, 0) is 124 Å². The average Bonchev–Trinajstić information content (AvgIpc) is 3.35. The Morgan fingerprint density at radius 3 is 2.13 bits per heavy atom. The van der Waals surface area contributed by atoms with E-state index in [-0.39, 0.29) is 5.56 Å². The number of piperidine rings is 1. The van der Waals surface area contributed by atoms with Gasteiger partial charge in [-0.25, -0.2) is 4.68 Å². The van der Waals surface area contributed by atoms with Gasteiger partial charge in [0.05, 0.1) is 28.6 Å². The molecule has 1 aromatic heterocycles. The van der Waals surface area contributed by atoms with Crippen LogP contribution in [0.15, 0.2) is 64.5 Å². The fourth-order valence-corrected chi connectivity index (χ4v) is 10.0. The van der Waals surface area contributed by atoms with E-state index in [2.05, 4.69) is 27.2 Å². The molecule has 1 saturated heterocycles. The summed E-state index contributed by atoms with van der Waals surface area (Å²) < 4.78 is 1.53. The highest BCUT2D eigenvalue weighted by Gasteiger charge is 2.51. The molecule has 2 aliphatic heterocycles. The van der Waals surface area contributed by atoms with Crippen molar-refractivity contribution in [1.82, 2.24) is 14.8 Å². The zero-order valence-electron chi connectivity index (χ0n) is 26.3. The Labute approximate surface area is 268 Å². The number of anilines is 1. The number of carbonyl (C=O) groups excluding carboxylic acids is 2. The van der Waals surface area contributed by atoms with E-state index in [1.165, 1.54) is 61.4 Å². The molecule has 0 spiro atoms. The number of nitrogens with one attached hydrogen (secondary N) is 1. The molecule has 4 saturated carbocycles. The molecular formula is C38H39N5O3. The number of nitrogens with zero attached hydrogens (tertiary/aromatic N) is 4. The molecule has 10 rings (SSSR count). The topological polar surface area (TPSA) is 90.8 Å². The minimum atomic E-state index is -0.482. The van der Waals surface area contributed by atoms with Crippen molar-refractivity contribution in [3.05, 3.63) is 92.9 Å². The van der Waals surface area contributed by atoms with E-state index in [0.717, 1.165) is 65.5 Å². The normalized spacial score (nSPS) is 27.0. The fourth-order valence-electron chi connectivity index (χ4n) is 10.0. The van der Waals surface area contributed by atoms with Crippen molar-refractivity contribution >= 4 is 34.5 Å². The predicted molar refractivity (Wildman–Crippen MR) is 179 cm³/mol. The van der Waals surface area contributed by atoms with Crippen molar-refractivity contribution in [2.75, 3.05) is 18.0 Å². The largest absolute Gasteiger partial charge is 0.371 e. The van der Waals surface area contributed by atoms with Crippen LogP contribution in [0.3, 0.4) is 0 Å². The van der Waals surface area contributed by atoms with Crippen molar-refractivity contribution in [1.29, 1.82) is 0 Å². The van der Waals surface area contributed by atoms with Crippen molar-refractivity contribution in [3.63, 3.8) is 0 Å². The van der Waals surface area contributed by atoms with Crippen LogP contribution in [-0.2, 0) is 5.41 Å². The summed E-state index contributed by atoms with van der Waals surface area (Å²) in [5, 5.41) is 10.0. The van der Waals surface area contributed by atoms with Gasteiger partial charge in [0, 0.05) is 35.2 Å². The van der Waals surface area contributed by atoms with Gasteiger partial charge >= 0.3 is 0 Å². The van der Waals surface area contributed by atoms with Crippen LogP contribution in [0, 0.1) is 24.7 Å². The molecule has 3 aromatic carbocycles. The third-order valence-corrected chi connectivity index (χ3v) is 11.8. The van der Waals surface area contributed by atoms with Crippen LogP contribution in [0.1, 0.15) is 95.3 Å². The maximum Gasteiger partial charge on any atom is 0.282 e. The van der Waals surface area contributed by atoms with Crippen molar-refractivity contribution in [2.45, 2.75) is 70.1 Å². The summed E-state index contributed by atoms with van der Waals surface area (Å²) in [6, 6.07) is 17.9. The van der Waals surface area contributed by atoms with E-state index in [0.29, 0.717) is 33.2 Å². The van der Waals surface area contributed by atoms with Crippen molar-refractivity contribution < 1.29 is 9.59 Å². The number of imide groups is 1. The maximum absolute atomic E-state index is 13.7. The third kappa shape index (κ3) is 4.18. The number of benzene rings is 3. The first-order valence-corrected chi connectivity index (χ1v) is 17.0. The minimum Gasteiger partial charge on any atom is -0.371 e. The SMILES string of the molecule is Cc1[nH]n(-c2ccc(C34CC5CC(CC(C5)C3)C4)cc2)c(=O)c1C=NN1C(=O)c2cccc3c(N4CCCCC4)ccc(c23)C1=O. The zero-order valence-corrected chi connectivity index (χ0v) is 26.3. The lowest BCUT2D eigenvalue weighted by atomic mass is 9.48. The Morgan fingerprint density at radius 2 is 1.46 bits per heavy atom. The molecule has 46 heavy (non-hydrogen) atoms. The van der Waals surface area contributed by atoms with E-state index < -0.39 is 11.8 Å². The summed E-state index contributed by atoms with van der Waals surface area (Å²) >= 11 is 0. The van der Waals surface area contributed by atoms with E-state index in [9.17, 15) is 14.4 Å². The minimum absolute atomic E-state index is 0.269. The van der Waals surface area contributed by atoms with Gasteiger partial charge in [0.2, 0.25) is 0 Å². The van der Waals surface area contributed by atoms with Gasteiger partial charge in [-0.2, -0.15) is 10.1 Å². The molecule has 234 valence electrons. The van der Waals surface area contributed by atoms with Crippen LogP contribution in [0.25, 0.3) is 16.5 Å². The number of carbonyl (C=O) groups is 2. The molecule has 2 amide bonds. The number of hydrogen-bond acceptors (Lipinski definition) is 5. The molecular weight excluding hydrogens is 574 g/mol. The first kappa shape index (κ1) is 27.8. The molecule has 0 radical (unpaired) electrons. The lowest BCUT2D eigenvalue weighted by Gasteiger charge is -2.57. The number of hydrazone groups is 1. The lowest BCUT2D eigenvalue weighted by Crippen LogP contribution is -2.48. The Bertz CT molecular complexity index is 1940. The Balaban J connectivity index is 0.997. The number of amides is 2. The third-order valence-electron chi connectivity index (χ3n) is 11.8. The summed E-state index contributed by atoms with van der Waals surface area (Å²) in [6.45, 7) is 3.74. The van der Waals surface area contributed by atoms with Crippen molar-refractivity contribution in [3.8, 4) is 5.69 Å². The number of aryl methyl sites for hydroxylation is 1. The summed E-state index contributed by atoms with van der Waals surface area (Å²) in [4.78, 5) is 43.3. The standard InChI is InChI=1S/C38H39N5O3/c1-23-32(37(46)42(40-23)28-10-8-27(9-11-28)38-19-24-16-25(20-38)18-26(17-24)21-38)22-39-43-35(44)30-7-5-6-29-33(41-14-3-2-4-15-41)13-12-31(34(29)30)36(43)45/h5-13,22,24-26,40H,2-4,14-21H2,1H3. The van der Waals surface area contributed by atoms with Crippen LogP contribution in [-0.4, -0.2) is 45.9 Å². The predicted octanol–water partition coefficient (Wildman–Crippen LogP) is 6.72. The van der Waals surface area contributed by atoms with Gasteiger partial charge in [-0.15, -0.1) is 0 Å². The van der Waals surface area contributed by atoms with Gasteiger partial charge in [-0.3, -0.25) is 19.5 Å². The molecule has 8 nitrogen and oxygen atoms in total. The van der Waals surface area contributed by atoms with E-state index in [4.69, 9.17) is 0 Å². The first-order valence-electron chi connectivity index (χ1n) is 17.0. The smallest absolute Gasteiger partial charge is 0.282 e. The van der Waals surface area contributed by atoms with E-state index >= 15 is 0 Å². The van der Waals surface area contributed by atoms with Gasteiger partial charge in [-0.1, -0.05) is 24.3 Å². The fraction of sp³-hybridized carbons (Fsp3) is 0.421. The van der Waals surface area contributed by atoms with Crippen LogP contribution in [0.5, 0.6) is 0 Å². The van der Waals surface area contributed by atoms with E-state index in [1.807, 2.05) is 36.4 Å². The summed E-state index contributed by atoms with van der Waals surface area (Å²) in [6.07, 6.45) is 13.0. The molecule has 4 bridgehead atoms. The Hall–Kier alpha value is -4.46. The number of aromatic nitrogens is 2. The van der Waals surface area contributed by atoms with Gasteiger partial charge in [0.25, 0.3) is 17.4 Å². The second-order valence-corrected chi connectivity index (χ2v) is 14.6. The van der Waals surface area contributed by atoms with Gasteiger partial charge < -0.3 is 4.90 Å². The summed E-state index contributed by atoms with van der Waals surface area (Å²) in [7, 11) is 0. The van der Waals surface area contributed by atoms with Crippen LogP contribution in [0.4, 0.5) is 5.69 Å². The van der Waals surface area contributed by atoms with Gasteiger partial charge in [0.1, 0.15) is 0 Å². The molecule has 0 unspecified atom stereocenters. The zero-order chi connectivity index (χ0) is 31.2. The highest BCUT2D eigenvalue weighted by molar-refractivity contribution is 6.26. The number of hydrogen-bond donors (Lipinski definition) is 1. The molecule has 5 fully saturated rings. The molecule has 3 heterocycles. The summed E-state index contributed by atoms with van der Waals surface area (Å²) in [5.41, 5.74) is 5.09. The van der Waals surface area contributed by atoms with Gasteiger partial charge in [0.15, 0.2) is 0 Å². The second kappa shape index (κ2) is 10.3. The molecule has 4 aliphatic carbocycles. The first-order chi connectivity index (χ1) is 22.4. The van der Waals surface area contributed by atoms with Crippen molar-refractivity contribution in [2.24, 2.45) is 22.9 Å². The average molecular weight is 614 g/mol. The monoisotopic (exact) mass is 613 g/mol. The molecule has 4 aromatic rings. The number of rotatable bonds is 5. The van der Waals surface area contributed by atoms with Crippen LogP contribution in [0.2, 0.25) is 0 Å². The molecule has 0 atom stereocenters. The summed E-state index contributed by atoms with van der Waals surface area (Å²) in [5.74, 6) is 1.66.